The van der Waals surface area contributed by atoms with Crippen molar-refractivity contribution in [3.63, 3.8) is 0 Å². The van der Waals surface area contributed by atoms with Gasteiger partial charge in [0.25, 0.3) is 5.91 Å². The van der Waals surface area contributed by atoms with Crippen molar-refractivity contribution in [2.45, 2.75) is 6.04 Å². The molecule has 0 atom stereocenters. The summed E-state index contributed by atoms with van der Waals surface area (Å²) in [4.78, 5) is 23.5. The number of thiophene rings is 1. The minimum atomic E-state index is -0.0592. The molecule has 4 heterocycles. The molecule has 1 aliphatic heterocycles. The molecule has 1 amide bonds. The van der Waals surface area contributed by atoms with Crippen molar-refractivity contribution in [3.8, 4) is 10.6 Å². The molecule has 116 valence electrons. The molecular formula is C15H14N6OS. The van der Waals surface area contributed by atoms with Crippen molar-refractivity contribution >= 4 is 23.2 Å². The fourth-order valence-electron chi connectivity index (χ4n) is 2.44. The van der Waals surface area contributed by atoms with Gasteiger partial charge in [-0.1, -0.05) is 6.07 Å². The molecule has 3 aromatic rings. The Morgan fingerprint density at radius 2 is 2.13 bits per heavy atom. The van der Waals surface area contributed by atoms with Crippen molar-refractivity contribution in [1.82, 2.24) is 25.1 Å². The first kappa shape index (κ1) is 13.9. The largest absolute Gasteiger partial charge is 0.348 e. The predicted molar refractivity (Wildman–Crippen MR) is 87.2 cm³/mol. The van der Waals surface area contributed by atoms with Crippen LogP contribution in [0.25, 0.3) is 10.6 Å². The summed E-state index contributed by atoms with van der Waals surface area (Å²) in [7, 11) is 0. The van der Waals surface area contributed by atoms with Crippen LogP contribution in [0.2, 0.25) is 0 Å². The van der Waals surface area contributed by atoms with E-state index in [0.29, 0.717) is 24.7 Å². The maximum absolute atomic E-state index is 12.4. The van der Waals surface area contributed by atoms with E-state index in [1.165, 1.54) is 0 Å². The van der Waals surface area contributed by atoms with E-state index in [4.69, 9.17) is 0 Å². The van der Waals surface area contributed by atoms with Crippen molar-refractivity contribution in [2.75, 3.05) is 18.4 Å². The van der Waals surface area contributed by atoms with E-state index < -0.39 is 0 Å². The lowest BCUT2D eigenvalue weighted by Crippen LogP contribution is -2.57. The van der Waals surface area contributed by atoms with Crippen LogP contribution >= 0.6 is 11.3 Å². The van der Waals surface area contributed by atoms with Gasteiger partial charge in [0.2, 0.25) is 5.95 Å². The van der Waals surface area contributed by atoms with Crippen molar-refractivity contribution < 1.29 is 4.79 Å². The standard InChI is InChI=1S/C15H14N6OS/c22-14(12-7-11(19-20-12)13-3-1-6-23-13)21-8-10(9-21)18-15-16-4-2-5-17-15/h1-7,10H,8-9H2,(H,19,20)(H,16,17,18). The number of carbonyl (C=O) groups excluding carboxylic acids is 1. The van der Waals surface area contributed by atoms with Crippen molar-refractivity contribution in [1.29, 1.82) is 0 Å². The molecule has 23 heavy (non-hydrogen) atoms. The molecule has 3 aromatic heterocycles. The van der Waals surface area contributed by atoms with Gasteiger partial charge in [-0.3, -0.25) is 9.89 Å². The maximum atomic E-state index is 12.4. The topological polar surface area (TPSA) is 86.8 Å². The Bertz CT molecular complexity index is 795. The van der Waals surface area contributed by atoms with Crippen LogP contribution in [0.5, 0.6) is 0 Å². The van der Waals surface area contributed by atoms with Crippen molar-refractivity contribution in [2.24, 2.45) is 0 Å². The number of hydrogen-bond acceptors (Lipinski definition) is 6. The number of anilines is 1. The van der Waals surface area contributed by atoms with Gasteiger partial charge in [-0.05, 0) is 23.6 Å². The molecule has 2 N–H and O–H groups in total. The average Bonchev–Trinajstić information content (AvgIpc) is 3.21. The van der Waals surface area contributed by atoms with Crippen LogP contribution in [0, 0.1) is 0 Å². The normalized spacial score (nSPS) is 14.5. The van der Waals surface area contributed by atoms with Crippen molar-refractivity contribution in [3.05, 3.63) is 47.7 Å². The molecular weight excluding hydrogens is 312 g/mol. The lowest BCUT2D eigenvalue weighted by molar-refractivity contribution is 0.0618. The Morgan fingerprint density at radius 1 is 1.30 bits per heavy atom. The number of aromatic nitrogens is 4. The summed E-state index contributed by atoms with van der Waals surface area (Å²) in [5, 5.41) is 12.2. The summed E-state index contributed by atoms with van der Waals surface area (Å²) in [6, 6.07) is 7.71. The number of nitrogens with one attached hydrogen (secondary N) is 2. The monoisotopic (exact) mass is 326 g/mol. The first-order valence-electron chi connectivity index (χ1n) is 7.22. The molecule has 1 fully saturated rings. The van der Waals surface area contributed by atoms with Gasteiger partial charge in [0.05, 0.1) is 16.6 Å². The minimum Gasteiger partial charge on any atom is -0.348 e. The zero-order valence-corrected chi connectivity index (χ0v) is 13.0. The van der Waals surface area contributed by atoms with Gasteiger partial charge >= 0.3 is 0 Å². The summed E-state index contributed by atoms with van der Waals surface area (Å²) in [6.07, 6.45) is 3.37. The van der Waals surface area contributed by atoms with E-state index in [-0.39, 0.29) is 11.9 Å². The highest BCUT2D eigenvalue weighted by atomic mass is 32.1. The van der Waals surface area contributed by atoms with Crippen LogP contribution in [0.15, 0.2) is 42.0 Å². The lowest BCUT2D eigenvalue weighted by atomic mass is 10.1. The second kappa shape index (κ2) is 5.81. The quantitative estimate of drug-likeness (QED) is 0.764. The third-order valence-electron chi connectivity index (χ3n) is 3.65. The van der Waals surface area contributed by atoms with Gasteiger partial charge in [0, 0.05) is 25.5 Å². The smallest absolute Gasteiger partial charge is 0.274 e. The molecule has 0 aromatic carbocycles. The number of aromatic amines is 1. The number of H-pyrrole nitrogens is 1. The fraction of sp³-hybridized carbons (Fsp3) is 0.200. The molecule has 8 heteroatoms. The third-order valence-corrected chi connectivity index (χ3v) is 4.55. The van der Waals surface area contributed by atoms with Gasteiger partial charge in [-0.15, -0.1) is 11.3 Å². The van der Waals surface area contributed by atoms with Crippen LogP contribution < -0.4 is 5.32 Å². The minimum absolute atomic E-state index is 0.0592. The highest BCUT2D eigenvalue weighted by molar-refractivity contribution is 7.13. The molecule has 7 nitrogen and oxygen atoms in total. The molecule has 1 aliphatic rings. The second-order valence-electron chi connectivity index (χ2n) is 5.27. The molecule has 0 radical (unpaired) electrons. The van der Waals surface area contributed by atoms with E-state index in [0.717, 1.165) is 10.6 Å². The van der Waals surface area contributed by atoms with Gasteiger partial charge in [0.1, 0.15) is 0 Å². The zero-order valence-electron chi connectivity index (χ0n) is 12.1. The highest BCUT2D eigenvalue weighted by Gasteiger charge is 2.32. The summed E-state index contributed by atoms with van der Waals surface area (Å²) in [5.74, 6) is 0.528. The molecule has 0 saturated carbocycles. The van der Waals surface area contributed by atoms with Crippen LogP contribution in [0.4, 0.5) is 5.95 Å². The van der Waals surface area contributed by atoms with Crippen LogP contribution in [-0.4, -0.2) is 50.1 Å². The first-order valence-corrected chi connectivity index (χ1v) is 8.10. The lowest BCUT2D eigenvalue weighted by Gasteiger charge is -2.39. The van der Waals surface area contributed by atoms with E-state index in [1.807, 2.05) is 17.5 Å². The number of nitrogens with zero attached hydrogens (tertiary/aromatic N) is 4. The van der Waals surface area contributed by atoms with Crippen LogP contribution in [0.3, 0.4) is 0 Å². The average molecular weight is 326 g/mol. The predicted octanol–water partition coefficient (Wildman–Crippen LogP) is 1.86. The van der Waals surface area contributed by atoms with E-state index >= 15 is 0 Å². The highest BCUT2D eigenvalue weighted by Crippen LogP contribution is 2.24. The molecule has 0 unspecified atom stereocenters. The Morgan fingerprint density at radius 3 is 2.87 bits per heavy atom. The second-order valence-corrected chi connectivity index (χ2v) is 6.22. The first-order chi connectivity index (χ1) is 11.3. The summed E-state index contributed by atoms with van der Waals surface area (Å²) >= 11 is 1.61. The SMILES string of the molecule is O=C(c1cc(-c2cccs2)[nH]n1)N1CC(Nc2ncccn2)C1. The van der Waals surface area contributed by atoms with E-state index in [1.54, 1.807) is 40.8 Å². The number of hydrogen-bond donors (Lipinski definition) is 2. The van der Waals surface area contributed by atoms with Gasteiger partial charge in [-0.2, -0.15) is 5.10 Å². The third kappa shape index (κ3) is 2.80. The van der Waals surface area contributed by atoms with Gasteiger partial charge in [0.15, 0.2) is 5.69 Å². The van der Waals surface area contributed by atoms with Gasteiger partial charge < -0.3 is 10.2 Å². The van der Waals surface area contributed by atoms with Crippen LogP contribution in [-0.2, 0) is 0 Å². The van der Waals surface area contributed by atoms with Gasteiger partial charge in [-0.25, -0.2) is 9.97 Å². The molecule has 4 rings (SSSR count). The summed E-state index contributed by atoms with van der Waals surface area (Å²) in [5.41, 5.74) is 1.32. The summed E-state index contributed by atoms with van der Waals surface area (Å²) < 4.78 is 0. The Balaban J connectivity index is 1.36. The molecule has 0 bridgehead atoms. The number of likely N-dealkylation sites (tertiary alicyclic amines) is 1. The molecule has 1 saturated heterocycles. The zero-order chi connectivity index (χ0) is 15.6. The number of carbonyl (C=O) groups is 1. The molecule has 0 spiro atoms. The van der Waals surface area contributed by atoms with Crippen LogP contribution in [0.1, 0.15) is 10.5 Å². The molecule has 0 aliphatic carbocycles. The Hall–Kier alpha value is -2.74. The summed E-state index contributed by atoms with van der Waals surface area (Å²) in [6.45, 7) is 1.25. The Labute approximate surface area is 136 Å². The number of rotatable bonds is 4. The number of amides is 1. The van der Waals surface area contributed by atoms with E-state index in [2.05, 4.69) is 25.5 Å². The fourth-order valence-corrected chi connectivity index (χ4v) is 3.14. The van der Waals surface area contributed by atoms with E-state index in [9.17, 15) is 4.79 Å². The maximum Gasteiger partial charge on any atom is 0.274 e. The Kier molecular flexibility index (Phi) is 3.51.